The molecule has 4 rings (SSSR count). The Labute approximate surface area is 156 Å². The molecule has 1 N–H and O–H groups in total. The van der Waals surface area contributed by atoms with Gasteiger partial charge in [-0.2, -0.15) is 0 Å². The van der Waals surface area contributed by atoms with Crippen LogP contribution in [0, 0.1) is 0 Å². The van der Waals surface area contributed by atoms with Crippen LogP contribution < -0.4 is 10.2 Å². The van der Waals surface area contributed by atoms with Crippen LogP contribution in [-0.2, 0) is 6.54 Å². The second-order valence-corrected chi connectivity index (χ2v) is 7.49. The largest absolute Gasteiger partial charge is 0.367 e. The maximum absolute atomic E-state index is 4.52. The number of nitrogens with one attached hydrogen (secondary N) is 1. The number of benzene rings is 1. The van der Waals surface area contributed by atoms with Crippen molar-refractivity contribution in [3.8, 4) is 0 Å². The molecule has 2 heterocycles. The van der Waals surface area contributed by atoms with Gasteiger partial charge in [-0.05, 0) is 18.4 Å². The van der Waals surface area contributed by atoms with E-state index in [2.05, 4.69) is 61.5 Å². The highest BCUT2D eigenvalue weighted by Gasteiger charge is 2.19. The van der Waals surface area contributed by atoms with Gasteiger partial charge in [0.1, 0.15) is 18.0 Å². The third kappa shape index (κ3) is 4.52. The Kier molecular flexibility index (Phi) is 5.65. The maximum atomic E-state index is 4.52. The van der Waals surface area contributed by atoms with Gasteiger partial charge in [-0.25, -0.2) is 9.97 Å². The molecule has 1 aliphatic carbocycles. The molecule has 138 valence electrons. The first kappa shape index (κ1) is 17.3. The quantitative estimate of drug-likeness (QED) is 0.892. The molecule has 2 aromatic rings. The van der Waals surface area contributed by atoms with E-state index in [1.807, 2.05) is 0 Å². The van der Waals surface area contributed by atoms with Crippen LogP contribution in [0.1, 0.15) is 37.7 Å². The van der Waals surface area contributed by atoms with E-state index in [1.54, 1.807) is 6.33 Å². The number of aromatic nitrogens is 2. The Bertz CT molecular complexity index is 676. The Morgan fingerprint density at radius 1 is 0.923 bits per heavy atom. The number of anilines is 2. The van der Waals surface area contributed by atoms with Crippen molar-refractivity contribution in [3.05, 3.63) is 48.3 Å². The number of hydrogen-bond acceptors (Lipinski definition) is 5. The molecule has 2 fully saturated rings. The zero-order valence-electron chi connectivity index (χ0n) is 15.5. The molecule has 1 saturated carbocycles. The summed E-state index contributed by atoms with van der Waals surface area (Å²) in [6.07, 6.45) is 8.27. The van der Waals surface area contributed by atoms with Gasteiger partial charge in [0, 0.05) is 44.8 Å². The van der Waals surface area contributed by atoms with Crippen molar-refractivity contribution in [1.82, 2.24) is 14.9 Å². The fraction of sp³-hybridized carbons (Fsp3) is 0.524. The summed E-state index contributed by atoms with van der Waals surface area (Å²) in [6, 6.07) is 13.4. The van der Waals surface area contributed by atoms with Gasteiger partial charge < -0.3 is 10.2 Å². The van der Waals surface area contributed by atoms with E-state index < -0.39 is 0 Å². The van der Waals surface area contributed by atoms with Gasteiger partial charge in [0.15, 0.2) is 0 Å². The minimum Gasteiger partial charge on any atom is -0.367 e. The van der Waals surface area contributed by atoms with Crippen molar-refractivity contribution in [3.63, 3.8) is 0 Å². The summed E-state index contributed by atoms with van der Waals surface area (Å²) < 4.78 is 0. The van der Waals surface area contributed by atoms with Crippen molar-refractivity contribution >= 4 is 11.6 Å². The van der Waals surface area contributed by atoms with Crippen molar-refractivity contribution in [2.75, 3.05) is 36.4 Å². The molecule has 0 spiro atoms. The molecule has 1 aromatic heterocycles. The van der Waals surface area contributed by atoms with Crippen LogP contribution in [0.25, 0.3) is 0 Å². The summed E-state index contributed by atoms with van der Waals surface area (Å²) in [5.41, 5.74) is 1.39. The average Bonchev–Trinajstić information content (AvgIpc) is 2.70. The second-order valence-electron chi connectivity index (χ2n) is 7.49. The zero-order chi connectivity index (χ0) is 17.6. The topological polar surface area (TPSA) is 44.3 Å². The van der Waals surface area contributed by atoms with Crippen LogP contribution in [0.4, 0.5) is 11.6 Å². The summed E-state index contributed by atoms with van der Waals surface area (Å²) in [5.74, 6) is 2.03. The Balaban J connectivity index is 1.31. The molecule has 2 aliphatic rings. The van der Waals surface area contributed by atoms with Gasteiger partial charge in [-0.3, -0.25) is 4.90 Å². The fourth-order valence-corrected chi connectivity index (χ4v) is 4.03. The van der Waals surface area contributed by atoms with Crippen LogP contribution in [0.15, 0.2) is 42.7 Å². The highest BCUT2D eigenvalue weighted by Crippen LogP contribution is 2.22. The molecule has 1 aliphatic heterocycles. The normalized spacial score (nSPS) is 19.5. The van der Waals surface area contributed by atoms with Gasteiger partial charge in [0.2, 0.25) is 0 Å². The zero-order valence-corrected chi connectivity index (χ0v) is 15.5. The van der Waals surface area contributed by atoms with E-state index in [-0.39, 0.29) is 0 Å². The van der Waals surface area contributed by atoms with E-state index in [9.17, 15) is 0 Å². The minimum atomic E-state index is 0.578. The molecule has 0 amide bonds. The minimum absolute atomic E-state index is 0.578. The number of rotatable bonds is 5. The Morgan fingerprint density at radius 2 is 1.69 bits per heavy atom. The lowest BCUT2D eigenvalue weighted by molar-refractivity contribution is 0.249. The predicted octanol–water partition coefficient (Wildman–Crippen LogP) is 3.54. The molecule has 5 heteroatoms. The molecule has 1 saturated heterocycles. The van der Waals surface area contributed by atoms with Crippen LogP contribution in [0.2, 0.25) is 0 Å². The van der Waals surface area contributed by atoms with Gasteiger partial charge in [-0.15, -0.1) is 0 Å². The van der Waals surface area contributed by atoms with Crippen LogP contribution in [-0.4, -0.2) is 47.1 Å². The molecule has 0 radical (unpaired) electrons. The summed E-state index contributed by atoms with van der Waals surface area (Å²) in [5, 5.41) is 3.61. The van der Waals surface area contributed by atoms with Crippen LogP contribution >= 0.6 is 0 Å². The fourth-order valence-electron chi connectivity index (χ4n) is 4.03. The lowest BCUT2D eigenvalue weighted by Crippen LogP contribution is -2.46. The van der Waals surface area contributed by atoms with E-state index >= 15 is 0 Å². The van der Waals surface area contributed by atoms with Crippen molar-refractivity contribution in [1.29, 1.82) is 0 Å². The van der Waals surface area contributed by atoms with Gasteiger partial charge in [0.05, 0.1) is 0 Å². The summed E-state index contributed by atoms with van der Waals surface area (Å²) in [6.45, 7) is 5.22. The SMILES string of the molecule is c1ccc(CN2CCN(c3cc(NC4CCCCC4)ncn3)CC2)cc1. The summed E-state index contributed by atoms with van der Waals surface area (Å²) in [4.78, 5) is 13.9. The van der Waals surface area contributed by atoms with E-state index in [1.165, 1.54) is 37.7 Å². The molecule has 5 nitrogen and oxygen atoms in total. The van der Waals surface area contributed by atoms with Gasteiger partial charge in [0.25, 0.3) is 0 Å². The molecule has 0 atom stereocenters. The summed E-state index contributed by atoms with van der Waals surface area (Å²) >= 11 is 0. The monoisotopic (exact) mass is 351 g/mol. The van der Waals surface area contributed by atoms with Crippen LogP contribution in [0.3, 0.4) is 0 Å². The Hall–Kier alpha value is -2.14. The molecular weight excluding hydrogens is 322 g/mol. The summed E-state index contributed by atoms with van der Waals surface area (Å²) in [7, 11) is 0. The van der Waals surface area contributed by atoms with Gasteiger partial charge in [-0.1, -0.05) is 49.6 Å². The predicted molar refractivity (Wildman–Crippen MR) is 106 cm³/mol. The van der Waals surface area contributed by atoms with Crippen molar-refractivity contribution in [2.24, 2.45) is 0 Å². The highest BCUT2D eigenvalue weighted by atomic mass is 15.3. The molecule has 26 heavy (non-hydrogen) atoms. The van der Waals surface area contributed by atoms with E-state index in [0.29, 0.717) is 6.04 Å². The van der Waals surface area contributed by atoms with Crippen molar-refractivity contribution in [2.45, 2.75) is 44.7 Å². The highest BCUT2D eigenvalue weighted by molar-refractivity contribution is 5.49. The Morgan fingerprint density at radius 3 is 2.46 bits per heavy atom. The lowest BCUT2D eigenvalue weighted by Gasteiger charge is -2.35. The van der Waals surface area contributed by atoms with Gasteiger partial charge >= 0.3 is 0 Å². The number of piperazine rings is 1. The molecule has 0 unspecified atom stereocenters. The molecule has 0 bridgehead atoms. The van der Waals surface area contributed by atoms with Crippen LogP contribution in [0.5, 0.6) is 0 Å². The smallest absolute Gasteiger partial charge is 0.134 e. The number of nitrogens with zero attached hydrogens (tertiary/aromatic N) is 4. The maximum Gasteiger partial charge on any atom is 0.134 e. The number of hydrogen-bond donors (Lipinski definition) is 1. The standard InChI is InChI=1S/C21H29N5/c1-3-7-18(8-4-1)16-25-11-13-26(14-12-25)21-15-20(22-17-23-21)24-19-9-5-2-6-10-19/h1,3-4,7-8,15,17,19H,2,5-6,9-14,16H2,(H,22,23,24). The molecular formula is C21H29N5. The van der Waals surface area contributed by atoms with E-state index in [0.717, 1.165) is 44.4 Å². The first-order valence-electron chi connectivity index (χ1n) is 9.97. The lowest BCUT2D eigenvalue weighted by atomic mass is 9.95. The first-order valence-corrected chi connectivity index (χ1v) is 9.97. The average molecular weight is 351 g/mol. The van der Waals surface area contributed by atoms with E-state index in [4.69, 9.17) is 0 Å². The van der Waals surface area contributed by atoms with Crippen molar-refractivity contribution < 1.29 is 0 Å². The molecule has 1 aromatic carbocycles. The first-order chi connectivity index (χ1) is 12.9. The second kappa shape index (κ2) is 8.49. The third-order valence-corrected chi connectivity index (χ3v) is 5.56. The third-order valence-electron chi connectivity index (χ3n) is 5.56.